The van der Waals surface area contributed by atoms with E-state index in [-0.39, 0.29) is 0 Å². The smallest absolute Gasteiger partial charge is 0.0307 e. The first-order valence-corrected chi connectivity index (χ1v) is 4.53. The van der Waals surface area contributed by atoms with Crippen molar-refractivity contribution in [2.24, 2.45) is 5.73 Å². The first-order chi connectivity index (χ1) is 4.30. The summed E-state index contributed by atoms with van der Waals surface area (Å²) in [6.45, 7) is 3.18. The van der Waals surface area contributed by atoms with Crippen molar-refractivity contribution in [3.63, 3.8) is 0 Å². The summed E-state index contributed by atoms with van der Waals surface area (Å²) in [6.07, 6.45) is 0. The molecule has 1 fully saturated rings. The summed E-state index contributed by atoms with van der Waals surface area (Å²) in [5.41, 5.74) is 5.69. The molecule has 1 rings (SSSR count). The molecule has 2 unspecified atom stereocenters. The molecule has 1 heterocycles. The molecule has 1 saturated heterocycles. The predicted octanol–water partition coefficient (Wildman–Crippen LogP) is 0.0386. The minimum atomic E-state index is 0.304. The lowest BCUT2D eigenvalue weighted by Crippen LogP contribution is -2.48. The zero-order valence-electron chi connectivity index (χ0n) is 5.76. The fourth-order valence-corrected chi connectivity index (χ4v) is 2.03. The number of thioether (sulfide) groups is 1. The Balaban J connectivity index is 2.23. The van der Waals surface area contributed by atoms with Crippen molar-refractivity contribution in [1.29, 1.82) is 0 Å². The molecular weight excluding hydrogens is 132 g/mol. The highest BCUT2D eigenvalue weighted by Gasteiger charge is 2.15. The van der Waals surface area contributed by atoms with Gasteiger partial charge in [0.1, 0.15) is 0 Å². The Morgan fingerprint density at radius 1 is 1.78 bits per heavy atom. The van der Waals surface area contributed by atoms with E-state index in [4.69, 9.17) is 5.73 Å². The van der Waals surface area contributed by atoms with Gasteiger partial charge >= 0.3 is 0 Å². The van der Waals surface area contributed by atoms with E-state index in [1.54, 1.807) is 0 Å². The van der Waals surface area contributed by atoms with E-state index in [0.29, 0.717) is 12.1 Å². The molecule has 9 heavy (non-hydrogen) atoms. The summed E-state index contributed by atoms with van der Waals surface area (Å²) < 4.78 is 0. The van der Waals surface area contributed by atoms with Crippen LogP contribution in [0.5, 0.6) is 0 Å². The van der Waals surface area contributed by atoms with Crippen LogP contribution >= 0.6 is 11.8 Å². The fraction of sp³-hybridized carbons (Fsp3) is 1.00. The van der Waals surface area contributed by atoms with E-state index in [1.807, 2.05) is 11.8 Å². The lowest BCUT2D eigenvalue weighted by Gasteiger charge is -2.25. The van der Waals surface area contributed by atoms with Crippen molar-refractivity contribution >= 4 is 11.8 Å². The van der Waals surface area contributed by atoms with Crippen molar-refractivity contribution in [2.75, 3.05) is 18.1 Å². The van der Waals surface area contributed by atoms with Gasteiger partial charge in [-0.2, -0.15) is 11.8 Å². The molecule has 2 atom stereocenters. The molecular formula is C6H14N2S. The summed E-state index contributed by atoms with van der Waals surface area (Å²) in [5.74, 6) is 2.42. The molecule has 0 spiro atoms. The summed E-state index contributed by atoms with van der Waals surface area (Å²) >= 11 is 1.99. The Bertz CT molecular complexity index is 79.1. The molecule has 0 aromatic carbocycles. The molecule has 0 radical (unpaired) electrons. The molecule has 1 aliphatic heterocycles. The monoisotopic (exact) mass is 146 g/mol. The number of nitrogens with one attached hydrogen (secondary N) is 1. The minimum absolute atomic E-state index is 0.304. The number of nitrogens with two attached hydrogens (primary N) is 1. The lowest BCUT2D eigenvalue weighted by molar-refractivity contribution is 0.491. The largest absolute Gasteiger partial charge is 0.327 e. The van der Waals surface area contributed by atoms with Crippen molar-refractivity contribution in [3.8, 4) is 0 Å². The maximum atomic E-state index is 5.69. The SMILES string of the molecule is CC(N)C1CSCCN1. The second-order valence-electron chi connectivity index (χ2n) is 2.49. The van der Waals surface area contributed by atoms with Crippen LogP contribution in [0.3, 0.4) is 0 Å². The molecule has 0 aliphatic carbocycles. The lowest BCUT2D eigenvalue weighted by atomic mass is 10.2. The Hall–Kier alpha value is 0.270. The summed E-state index contributed by atoms with van der Waals surface area (Å²) in [5, 5.41) is 3.37. The van der Waals surface area contributed by atoms with E-state index < -0.39 is 0 Å². The molecule has 0 saturated carbocycles. The van der Waals surface area contributed by atoms with Gasteiger partial charge in [-0.15, -0.1) is 0 Å². The van der Waals surface area contributed by atoms with E-state index in [9.17, 15) is 0 Å². The second kappa shape index (κ2) is 3.44. The zero-order valence-corrected chi connectivity index (χ0v) is 6.58. The maximum absolute atomic E-state index is 5.69. The van der Waals surface area contributed by atoms with Crippen LogP contribution in [0, 0.1) is 0 Å². The standard InChI is InChI=1S/C6H14N2S/c1-5(7)6-4-9-3-2-8-6/h5-6,8H,2-4,7H2,1H3. The van der Waals surface area contributed by atoms with Gasteiger partial charge in [-0.25, -0.2) is 0 Å². The van der Waals surface area contributed by atoms with Crippen molar-refractivity contribution in [2.45, 2.75) is 19.0 Å². The molecule has 1 aliphatic rings. The fourth-order valence-electron chi connectivity index (χ4n) is 0.923. The summed E-state index contributed by atoms with van der Waals surface area (Å²) in [4.78, 5) is 0. The summed E-state index contributed by atoms with van der Waals surface area (Å²) in [7, 11) is 0. The van der Waals surface area contributed by atoms with Gasteiger partial charge in [0.2, 0.25) is 0 Å². The molecule has 3 N–H and O–H groups in total. The Morgan fingerprint density at radius 2 is 2.56 bits per heavy atom. The van der Waals surface area contributed by atoms with Gasteiger partial charge < -0.3 is 11.1 Å². The third kappa shape index (κ3) is 2.16. The number of hydrogen-bond acceptors (Lipinski definition) is 3. The normalized spacial score (nSPS) is 32.0. The van der Waals surface area contributed by atoms with Gasteiger partial charge in [0.15, 0.2) is 0 Å². The van der Waals surface area contributed by atoms with E-state index in [0.717, 1.165) is 6.54 Å². The topological polar surface area (TPSA) is 38.0 Å². The zero-order chi connectivity index (χ0) is 6.69. The van der Waals surface area contributed by atoms with Crippen LogP contribution in [0.15, 0.2) is 0 Å². The van der Waals surface area contributed by atoms with Crippen molar-refractivity contribution < 1.29 is 0 Å². The van der Waals surface area contributed by atoms with Crippen LogP contribution in [-0.4, -0.2) is 30.1 Å². The molecule has 0 amide bonds. The highest BCUT2D eigenvalue weighted by molar-refractivity contribution is 7.99. The van der Waals surface area contributed by atoms with Gasteiger partial charge in [-0.05, 0) is 6.92 Å². The molecule has 54 valence electrons. The van der Waals surface area contributed by atoms with Crippen LogP contribution in [0.2, 0.25) is 0 Å². The van der Waals surface area contributed by atoms with Gasteiger partial charge in [0, 0.05) is 30.1 Å². The average Bonchev–Trinajstić information content (AvgIpc) is 1.90. The first kappa shape index (κ1) is 7.38. The van der Waals surface area contributed by atoms with Gasteiger partial charge in [0.05, 0.1) is 0 Å². The molecule has 0 aromatic rings. The third-order valence-corrected chi connectivity index (χ3v) is 2.67. The van der Waals surface area contributed by atoms with Crippen LogP contribution < -0.4 is 11.1 Å². The highest BCUT2D eigenvalue weighted by atomic mass is 32.2. The second-order valence-corrected chi connectivity index (χ2v) is 3.64. The maximum Gasteiger partial charge on any atom is 0.0307 e. The predicted molar refractivity (Wildman–Crippen MR) is 42.8 cm³/mol. The molecule has 0 aromatic heterocycles. The molecule has 0 bridgehead atoms. The van der Waals surface area contributed by atoms with Crippen LogP contribution in [0.1, 0.15) is 6.92 Å². The highest BCUT2D eigenvalue weighted by Crippen LogP contribution is 2.08. The third-order valence-electron chi connectivity index (χ3n) is 1.59. The average molecular weight is 146 g/mol. The Labute approximate surface area is 60.6 Å². The summed E-state index contributed by atoms with van der Waals surface area (Å²) in [6, 6.07) is 0.849. The Kier molecular flexibility index (Phi) is 2.82. The van der Waals surface area contributed by atoms with Crippen molar-refractivity contribution in [1.82, 2.24) is 5.32 Å². The van der Waals surface area contributed by atoms with Crippen LogP contribution in [0.4, 0.5) is 0 Å². The van der Waals surface area contributed by atoms with Gasteiger partial charge in [0.25, 0.3) is 0 Å². The van der Waals surface area contributed by atoms with E-state index in [1.165, 1.54) is 11.5 Å². The van der Waals surface area contributed by atoms with E-state index in [2.05, 4.69) is 12.2 Å². The quantitative estimate of drug-likeness (QED) is 0.548. The number of rotatable bonds is 1. The van der Waals surface area contributed by atoms with Crippen LogP contribution in [0.25, 0.3) is 0 Å². The van der Waals surface area contributed by atoms with E-state index >= 15 is 0 Å². The van der Waals surface area contributed by atoms with Crippen LogP contribution in [-0.2, 0) is 0 Å². The Morgan fingerprint density at radius 3 is 2.89 bits per heavy atom. The van der Waals surface area contributed by atoms with Crippen molar-refractivity contribution in [3.05, 3.63) is 0 Å². The van der Waals surface area contributed by atoms with Gasteiger partial charge in [-0.1, -0.05) is 0 Å². The number of hydrogen-bond donors (Lipinski definition) is 2. The minimum Gasteiger partial charge on any atom is -0.327 e. The van der Waals surface area contributed by atoms with Gasteiger partial charge in [-0.3, -0.25) is 0 Å². The first-order valence-electron chi connectivity index (χ1n) is 3.37. The molecule has 2 nitrogen and oxygen atoms in total. The molecule has 3 heteroatoms.